The molecule has 0 heterocycles. The molecule has 0 aliphatic carbocycles. The van der Waals surface area contributed by atoms with Crippen LogP contribution in [0.5, 0.6) is 5.75 Å². The van der Waals surface area contributed by atoms with Crippen LogP contribution in [0.4, 0.5) is 0 Å². The number of ether oxygens (including phenoxy) is 1. The number of nitrogens with one attached hydrogen (secondary N) is 1. The van der Waals surface area contributed by atoms with Crippen molar-refractivity contribution < 1.29 is 19.4 Å². The minimum atomic E-state index is -1.09. The van der Waals surface area contributed by atoms with Crippen LogP contribution in [-0.2, 0) is 11.4 Å². The Balaban J connectivity index is 2.13. The number of hydrogen-bond acceptors (Lipinski definition) is 3. The van der Waals surface area contributed by atoms with Gasteiger partial charge in [0.05, 0.1) is 0 Å². The first-order valence-electron chi connectivity index (χ1n) is 9.18. The number of rotatable bonds is 9. The van der Waals surface area contributed by atoms with Gasteiger partial charge in [0.1, 0.15) is 0 Å². The van der Waals surface area contributed by atoms with Gasteiger partial charge < -0.3 is 5.11 Å². The van der Waals surface area contributed by atoms with Crippen molar-refractivity contribution >= 4 is 63.8 Å². The third kappa shape index (κ3) is 7.47. The van der Waals surface area contributed by atoms with E-state index in [0.717, 1.165) is 10.3 Å². The normalized spacial score (nSPS) is 12.2. The zero-order valence-electron chi connectivity index (χ0n) is 16.5. The molecule has 2 rings (SSSR count). The number of halogens is 2. The first-order chi connectivity index (χ1) is 13.7. The number of hydrogen-bond donors (Lipinski definition) is 2. The van der Waals surface area contributed by atoms with E-state index in [-0.39, 0.29) is 15.8 Å². The van der Waals surface area contributed by atoms with Gasteiger partial charge in [0.15, 0.2) is 0 Å². The Morgan fingerprint density at radius 1 is 1.17 bits per heavy atom. The number of carboxylic acids is 1. The summed E-state index contributed by atoms with van der Waals surface area (Å²) in [6.45, 7) is 6.63. The van der Waals surface area contributed by atoms with Crippen LogP contribution in [0, 0.1) is 6.92 Å². The average molecular weight is 589 g/mol. The topological polar surface area (TPSA) is 75.6 Å². The maximum absolute atomic E-state index is 12.1. The molecule has 29 heavy (non-hydrogen) atoms. The van der Waals surface area contributed by atoms with Crippen LogP contribution in [-0.4, -0.2) is 39.3 Å². The molecule has 2 atom stereocenters. The molecule has 0 saturated heterocycles. The van der Waals surface area contributed by atoms with Gasteiger partial charge in [0, 0.05) is 0 Å². The van der Waals surface area contributed by atoms with Crippen LogP contribution in [0.1, 0.15) is 41.8 Å². The molecular weight excluding hydrogens is 565 g/mol. The molecule has 0 aliphatic heterocycles. The Labute approximate surface area is 194 Å². The third-order valence-corrected chi connectivity index (χ3v) is 8.58. The summed E-state index contributed by atoms with van der Waals surface area (Å²) in [4.78, 5) is 22.7. The molecule has 2 unspecified atom stereocenters. The molecule has 0 saturated carbocycles. The molecule has 2 N–H and O–H groups in total. The zero-order chi connectivity index (χ0) is 21.6. The second kappa shape index (κ2) is 11.2. The van der Waals surface area contributed by atoms with E-state index in [4.69, 9.17) is 9.84 Å². The van der Waals surface area contributed by atoms with Crippen LogP contribution in [0.2, 0.25) is 4.71 Å². The molecule has 0 bridgehead atoms. The first kappa shape index (κ1) is 24.0. The van der Waals surface area contributed by atoms with Gasteiger partial charge >= 0.3 is 185 Å². The fourth-order valence-electron chi connectivity index (χ4n) is 2.66. The fraction of sp³-hybridized carbons (Fsp3) is 0.333. The van der Waals surface area contributed by atoms with Crippen molar-refractivity contribution in [1.29, 1.82) is 0 Å². The van der Waals surface area contributed by atoms with E-state index < -0.39 is 18.4 Å². The summed E-state index contributed by atoms with van der Waals surface area (Å²) in [5.74, 6) is -0.955. The van der Waals surface area contributed by atoms with Gasteiger partial charge in [0.25, 0.3) is 0 Å². The van der Waals surface area contributed by atoms with Crippen LogP contribution in [0.3, 0.4) is 0 Å². The van der Waals surface area contributed by atoms with E-state index in [1.165, 1.54) is 16.3 Å². The summed E-state index contributed by atoms with van der Waals surface area (Å²) >= 11 is 6.72. The van der Waals surface area contributed by atoms with E-state index in [9.17, 15) is 9.59 Å². The van der Waals surface area contributed by atoms with Crippen molar-refractivity contribution in [3.63, 3.8) is 0 Å². The Kier molecular flexibility index (Phi) is 9.25. The summed E-state index contributed by atoms with van der Waals surface area (Å²) in [5, 5.41) is 11.0. The number of carbonyl (C=O) groups excluding carboxylic acids is 1. The number of aryl methyl sites for hydroxylation is 1. The molecule has 0 aromatic heterocycles. The Morgan fingerprint density at radius 3 is 2.41 bits per heavy atom. The molecule has 8 heteroatoms. The van der Waals surface area contributed by atoms with Crippen molar-refractivity contribution in [2.75, 3.05) is 6.54 Å². The second-order valence-corrected chi connectivity index (χ2v) is 12.4. The number of carboxylic acid groups (broad SMARTS) is 1. The van der Waals surface area contributed by atoms with Crippen molar-refractivity contribution in [2.24, 2.45) is 0 Å². The molecule has 0 fully saturated rings. The van der Waals surface area contributed by atoms with Gasteiger partial charge in [-0.2, -0.15) is 0 Å². The molecule has 2 aromatic carbocycles. The number of amides is 1. The summed E-state index contributed by atoms with van der Waals surface area (Å²) in [7, 11) is 0. The van der Waals surface area contributed by atoms with Crippen molar-refractivity contribution in [1.82, 2.24) is 5.32 Å². The van der Waals surface area contributed by atoms with E-state index in [2.05, 4.69) is 76.1 Å². The van der Waals surface area contributed by atoms with Crippen molar-refractivity contribution in [3.8, 4) is 5.75 Å². The zero-order valence-corrected chi connectivity index (χ0v) is 21.8. The summed E-state index contributed by atoms with van der Waals surface area (Å²) in [5.41, 5.74) is 2.69. The summed E-state index contributed by atoms with van der Waals surface area (Å²) in [6.07, 6.45) is 1.20. The van der Waals surface area contributed by atoms with E-state index in [1.54, 1.807) is 12.1 Å². The van der Waals surface area contributed by atoms with Gasteiger partial charge in [-0.3, -0.25) is 4.79 Å². The average Bonchev–Trinajstić information content (AvgIpc) is 2.64. The van der Waals surface area contributed by atoms with Crippen molar-refractivity contribution in [2.45, 2.75) is 38.5 Å². The minimum absolute atomic E-state index is 0.176. The molecular formula is C21H24AsBr2NO4. The predicted molar refractivity (Wildman–Crippen MR) is 124 cm³/mol. The third-order valence-electron chi connectivity index (χ3n) is 4.21. The van der Waals surface area contributed by atoms with E-state index >= 15 is 0 Å². The quantitative estimate of drug-likeness (QED) is 0.431. The number of carbonyl (C=O) groups is 2. The first-order valence-corrected chi connectivity index (χ1v) is 13.0. The molecule has 5 nitrogen and oxygen atoms in total. The fourth-order valence-corrected chi connectivity index (χ4v) is 6.91. The molecule has 0 spiro atoms. The van der Waals surface area contributed by atoms with Crippen LogP contribution in [0.25, 0.3) is 0 Å². The van der Waals surface area contributed by atoms with Crippen molar-refractivity contribution in [3.05, 3.63) is 56.0 Å². The second-order valence-electron chi connectivity index (χ2n) is 6.80. The molecule has 0 radical (unpaired) electrons. The Bertz CT molecular complexity index is 881. The van der Waals surface area contributed by atoms with Gasteiger partial charge in [-0.1, -0.05) is 0 Å². The molecule has 0 aliphatic rings. The molecule has 1 amide bonds. The summed E-state index contributed by atoms with van der Waals surface area (Å²) < 4.78 is 9.45. The monoisotopic (exact) mass is 587 g/mol. The molecule has 2 aromatic rings. The number of benzene rings is 2. The van der Waals surface area contributed by atoms with Crippen LogP contribution >= 0.6 is 31.9 Å². The van der Waals surface area contributed by atoms with Crippen LogP contribution < -0.4 is 14.4 Å². The van der Waals surface area contributed by atoms with Gasteiger partial charge in [0.2, 0.25) is 0 Å². The van der Waals surface area contributed by atoms with Gasteiger partial charge in [-0.15, -0.1) is 0 Å². The Hall–Kier alpha value is -1.30. The van der Waals surface area contributed by atoms with E-state index in [1.807, 2.05) is 0 Å². The Morgan fingerprint density at radius 2 is 1.83 bits per heavy atom. The SMILES string of the molecule is CCC(C)[AsH]c1cc(C)cc(COc2c(Br)cc(C(=O)NCC(=O)O)cc2Br)c1. The summed E-state index contributed by atoms with van der Waals surface area (Å²) in [6, 6.07) is 9.87. The standard InChI is InChI=1S/C21H24AsBr2NO4/c1-4-13(3)22-16-6-12(2)5-14(7-16)11-29-20-17(23)8-15(9-18(20)24)21(28)25-10-19(26)27/h5-9,13,22H,4,10-11H2,1-3H3,(H,25,28)(H,26,27). The van der Waals surface area contributed by atoms with Gasteiger partial charge in [-0.25, -0.2) is 0 Å². The maximum atomic E-state index is 12.1. The van der Waals surface area contributed by atoms with Crippen LogP contribution in [0.15, 0.2) is 39.3 Å². The molecule has 156 valence electrons. The number of aliphatic carboxylic acids is 1. The predicted octanol–water partition coefficient (Wildman–Crippen LogP) is 4.19. The van der Waals surface area contributed by atoms with Gasteiger partial charge in [-0.05, 0) is 0 Å². The van der Waals surface area contributed by atoms with E-state index in [0.29, 0.717) is 26.9 Å².